The van der Waals surface area contributed by atoms with Gasteiger partial charge in [0.05, 0.1) is 5.75 Å². The van der Waals surface area contributed by atoms with Gasteiger partial charge in [-0.3, -0.25) is 9.59 Å². The summed E-state index contributed by atoms with van der Waals surface area (Å²) in [7, 11) is 0. The van der Waals surface area contributed by atoms with Crippen molar-refractivity contribution in [3.05, 3.63) is 105 Å². The maximum Gasteiger partial charge on any atom is 0.243 e. The quantitative estimate of drug-likeness (QED) is 0.257. The molecule has 0 bridgehead atoms. The van der Waals surface area contributed by atoms with Gasteiger partial charge in [-0.2, -0.15) is 0 Å². The van der Waals surface area contributed by atoms with Crippen LogP contribution in [0.25, 0.3) is 0 Å². The maximum absolute atomic E-state index is 13.6. The molecule has 3 rings (SSSR count). The van der Waals surface area contributed by atoms with Gasteiger partial charge in [0.25, 0.3) is 0 Å². The Morgan fingerprint density at radius 2 is 1.64 bits per heavy atom. The van der Waals surface area contributed by atoms with Crippen LogP contribution in [0.15, 0.2) is 72.8 Å². The van der Waals surface area contributed by atoms with Gasteiger partial charge in [0, 0.05) is 40.3 Å². The van der Waals surface area contributed by atoms with Gasteiger partial charge in [-0.15, -0.1) is 11.8 Å². The van der Waals surface area contributed by atoms with Crippen LogP contribution >= 0.6 is 46.6 Å². The lowest BCUT2D eigenvalue weighted by Gasteiger charge is -2.32. The molecule has 0 saturated heterocycles. The zero-order valence-corrected chi connectivity index (χ0v) is 23.1. The summed E-state index contributed by atoms with van der Waals surface area (Å²) in [6.45, 7) is 2.73. The van der Waals surface area contributed by atoms with Crippen molar-refractivity contribution < 1.29 is 9.59 Å². The van der Waals surface area contributed by atoms with E-state index in [1.54, 1.807) is 23.1 Å². The van der Waals surface area contributed by atoms with E-state index in [0.717, 1.165) is 23.1 Å². The molecule has 2 amide bonds. The molecule has 1 N–H and O–H groups in total. The molecule has 0 aliphatic rings. The highest BCUT2D eigenvalue weighted by atomic mass is 35.5. The van der Waals surface area contributed by atoms with Gasteiger partial charge in [-0.25, -0.2) is 0 Å². The van der Waals surface area contributed by atoms with Crippen LogP contribution < -0.4 is 5.32 Å². The van der Waals surface area contributed by atoms with Crippen LogP contribution in [0, 0.1) is 0 Å². The van der Waals surface area contributed by atoms with Gasteiger partial charge in [-0.05, 0) is 47.4 Å². The third kappa shape index (κ3) is 8.74. The normalized spacial score (nSPS) is 11.7. The van der Waals surface area contributed by atoms with Gasteiger partial charge in [0.1, 0.15) is 6.04 Å². The van der Waals surface area contributed by atoms with Crippen LogP contribution in [-0.2, 0) is 28.3 Å². The molecule has 3 aromatic carbocycles. The number of halogens is 3. The summed E-state index contributed by atoms with van der Waals surface area (Å²) in [6.07, 6.45) is 1.20. The van der Waals surface area contributed by atoms with E-state index in [9.17, 15) is 9.59 Å². The molecule has 4 nitrogen and oxygen atoms in total. The van der Waals surface area contributed by atoms with E-state index in [1.807, 2.05) is 61.5 Å². The van der Waals surface area contributed by atoms with Crippen LogP contribution in [0.3, 0.4) is 0 Å². The zero-order chi connectivity index (χ0) is 25.9. The topological polar surface area (TPSA) is 49.4 Å². The Bertz CT molecular complexity index is 1160. The Hall–Kier alpha value is -2.18. The van der Waals surface area contributed by atoms with E-state index >= 15 is 0 Å². The molecule has 1 atom stereocenters. The molecule has 0 aromatic heterocycles. The number of carbonyl (C=O) groups is 2. The van der Waals surface area contributed by atoms with E-state index < -0.39 is 6.04 Å². The number of nitrogens with one attached hydrogen (secondary N) is 1. The van der Waals surface area contributed by atoms with Crippen LogP contribution in [0.5, 0.6) is 0 Å². The number of thioether (sulfide) groups is 1. The average Bonchev–Trinajstić information content (AvgIpc) is 2.86. The summed E-state index contributed by atoms with van der Waals surface area (Å²) in [5, 5.41) is 4.61. The number of rotatable bonds is 12. The summed E-state index contributed by atoms with van der Waals surface area (Å²) in [4.78, 5) is 28.6. The van der Waals surface area contributed by atoms with E-state index in [1.165, 1.54) is 11.8 Å². The van der Waals surface area contributed by atoms with Crippen molar-refractivity contribution in [1.29, 1.82) is 0 Å². The molecule has 0 spiro atoms. The Kier molecular flexibility index (Phi) is 11.5. The standard InChI is InChI=1S/C28H29Cl3N2O2S/c1-2-13-32-28(35)26(15-20-7-4-3-5-8-20)33(17-22-11-12-24(30)16-25(22)31)27(34)19-36-18-21-9-6-10-23(29)14-21/h3-12,14,16,26H,2,13,15,17-19H2,1H3,(H,32,35)/t26-/m0/s1. The maximum atomic E-state index is 13.6. The first-order valence-electron chi connectivity index (χ1n) is 11.7. The van der Waals surface area contributed by atoms with E-state index in [2.05, 4.69) is 5.32 Å². The second-order valence-corrected chi connectivity index (χ2v) is 10.6. The summed E-state index contributed by atoms with van der Waals surface area (Å²) >= 11 is 20.1. The van der Waals surface area contributed by atoms with Crippen LogP contribution in [0.1, 0.15) is 30.0 Å². The van der Waals surface area contributed by atoms with Crippen molar-refractivity contribution in [2.75, 3.05) is 12.3 Å². The third-order valence-corrected chi connectivity index (χ3v) is 7.37. The predicted molar refractivity (Wildman–Crippen MR) is 152 cm³/mol. The first kappa shape index (κ1) is 28.4. The molecular weight excluding hydrogens is 535 g/mol. The van der Waals surface area contributed by atoms with Gasteiger partial charge in [0.15, 0.2) is 0 Å². The molecule has 0 aliphatic heterocycles. The smallest absolute Gasteiger partial charge is 0.243 e. The molecule has 0 unspecified atom stereocenters. The number of amides is 2. The van der Waals surface area contributed by atoms with E-state index in [0.29, 0.717) is 33.8 Å². The number of carbonyl (C=O) groups excluding carboxylic acids is 2. The Morgan fingerprint density at radius 3 is 2.33 bits per heavy atom. The molecule has 8 heteroatoms. The fraction of sp³-hybridized carbons (Fsp3) is 0.286. The molecule has 0 aliphatic carbocycles. The highest BCUT2D eigenvalue weighted by Gasteiger charge is 2.30. The number of hydrogen-bond donors (Lipinski definition) is 1. The summed E-state index contributed by atoms with van der Waals surface area (Å²) < 4.78 is 0. The van der Waals surface area contributed by atoms with Gasteiger partial charge >= 0.3 is 0 Å². The lowest BCUT2D eigenvalue weighted by molar-refractivity contribution is -0.139. The molecular formula is C28H29Cl3N2O2S. The minimum Gasteiger partial charge on any atom is -0.354 e. The minimum atomic E-state index is -0.690. The number of hydrogen-bond acceptors (Lipinski definition) is 3. The van der Waals surface area contributed by atoms with Crippen molar-refractivity contribution in [1.82, 2.24) is 10.2 Å². The zero-order valence-electron chi connectivity index (χ0n) is 20.1. The highest BCUT2D eigenvalue weighted by Crippen LogP contribution is 2.25. The van der Waals surface area contributed by atoms with Crippen molar-refractivity contribution in [3.63, 3.8) is 0 Å². The third-order valence-electron chi connectivity index (χ3n) is 5.56. The fourth-order valence-corrected chi connectivity index (χ4v) is 5.26. The van der Waals surface area contributed by atoms with Crippen molar-refractivity contribution >= 4 is 58.4 Å². The van der Waals surface area contributed by atoms with Gasteiger partial charge < -0.3 is 10.2 Å². The second kappa shape index (κ2) is 14.5. The van der Waals surface area contributed by atoms with E-state index in [4.69, 9.17) is 34.8 Å². The Balaban J connectivity index is 1.86. The monoisotopic (exact) mass is 562 g/mol. The Labute approximate surface area is 232 Å². The largest absolute Gasteiger partial charge is 0.354 e. The summed E-state index contributed by atoms with van der Waals surface area (Å²) in [5.74, 6) is 0.525. The molecule has 36 heavy (non-hydrogen) atoms. The predicted octanol–water partition coefficient (Wildman–Crippen LogP) is 7.05. The average molecular weight is 564 g/mol. The lowest BCUT2D eigenvalue weighted by atomic mass is 10.0. The molecule has 190 valence electrons. The molecule has 0 heterocycles. The first-order valence-corrected chi connectivity index (χ1v) is 14.0. The summed E-state index contributed by atoms with van der Waals surface area (Å²) in [6, 6.07) is 21.8. The molecule has 3 aromatic rings. The lowest BCUT2D eigenvalue weighted by Crippen LogP contribution is -2.51. The molecule has 0 radical (unpaired) electrons. The van der Waals surface area contributed by atoms with Crippen molar-refractivity contribution in [2.24, 2.45) is 0 Å². The van der Waals surface area contributed by atoms with Crippen LogP contribution in [-0.4, -0.2) is 35.1 Å². The molecule has 0 fully saturated rings. The number of benzene rings is 3. The fourth-order valence-electron chi connectivity index (χ4n) is 3.72. The second-order valence-electron chi connectivity index (χ2n) is 8.38. The minimum absolute atomic E-state index is 0.138. The first-order chi connectivity index (χ1) is 17.4. The van der Waals surface area contributed by atoms with Crippen molar-refractivity contribution in [2.45, 2.75) is 38.1 Å². The van der Waals surface area contributed by atoms with Gasteiger partial charge in [0.2, 0.25) is 11.8 Å². The molecule has 0 saturated carbocycles. The van der Waals surface area contributed by atoms with Crippen LogP contribution in [0.4, 0.5) is 0 Å². The Morgan fingerprint density at radius 1 is 0.917 bits per heavy atom. The van der Waals surface area contributed by atoms with E-state index in [-0.39, 0.29) is 24.1 Å². The van der Waals surface area contributed by atoms with Crippen molar-refractivity contribution in [3.8, 4) is 0 Å². The van der Waals surface area contributed by atoms with Gasteiger partial charge in [-0.1, -0.05) is 90.3 Å². The van der Waals surface area contributed by atoms with Crippen LogP contribution in [0.2, 0.25) is 15.1 Å². The SMILES string of the molecule is CCCNC(=O)[C@H](Cc1ccccc1)N(Cc1ccc(Cl)cc1Cl)C(=O)CSCc1cccc(Cl)c1. The number of nitrogens with zero attached hydrogens (tertiary/aromatic N) is 1. The highest BCUT2D eigenvalue weighted by molar-refractivity contribution is 7.99. The summed E-state index contributed by atoms with van der Waals surface area (Å²) in [5.41, 5.74) is 2.74.